The Morgan fingerprint density at radius 3 is 2.91 bits per heavy atom. The Morgan fingerprint density at radius 2 is 2.22 bits per heavy atom. The van der Waals surface area contributed by atoms with Gasteiger partial charge in [-0.15, -0.1) is 0 Å². The highest BCUT2D eigenvalue weighted by molar-refractivity contribution is 8.16. The van der Waals surface area contributed by atoms with Crippen LogP contribution in [0.25, 0.3) is 0 Å². The van der Waals surface area contributed by atoms with Crippen LogP contribution in [0.1, 0.15) is 25.5 Å². The second-order valence-electron chi connectivity index (χ2n) is 4.99. The number of benzene rings is 1. The van der Waals surface area contributed by atoms with Gasteiger partial charge >= 0.3 is 5.97 Å². The number of esters is 1. The molecule has 0 aliphatic carbocycles. The molecule has 2 heterocycles. The average Bonchev–Trinajstić information content (AvgIpc) is 2.94. The number of hydrogen-bond acceptors (Lipinski definition) is 5. The zero-order valence-corrected chi connectivity index (χ0v) is 14.9. The van der Waals surface area contributed by atoms with Gasteiger partial charge in [0.25, 0.3) is 0 Å². The summed E-state index contributed by atoms with van der Waals surface area (Å²) in [5.74, 6) is -0.380. The molecule has 0 spiro atoms. The molecule has 1 atom stereocenters. The highest BCUT2D eigenvalue weighted by atomic mass is 35.5. The summed E-state index contributed by atoms with van der Waals surface area (Å²) >= 11 is 13.9. The number of fused-ring (bicyclic) bond motifs is 1. The number of carbonyl (C=O) groups excluding carboxylic acids is 1. The van der Waals surface area contributed by atoms with Gasteiger partial charge in [-0.25, -0.2) is 9.79 Å². The molecule has 0 unspecified atom stereocenters. The van der Waals surface area contributed by atoms with Crippen LogP contribution in [0.2, 0.25) is 10.0 Å². The zero-order chi connectivity index (χ0) is 16.6. The van der Waals surface area contributed by atoms with Crippen LogP contribution in [0.4, 0.5) is 0 Å². The van der Waals surface area contributed by atoms with Gasteiger partial charge in [-0.05, 0) is 37.0 Å². The van der Waals surface area contributed by atoms with E-state index in [4.69, 9.17) is 27.9 Å². The summed E-state index contributed by atoms with van der Waals surface area (Å²) in [4.78, 5) is 18.9. The molecule has 2 aliphatic heterocycles. The molecule has 4 nitrogen and oxygen atoms in total. The maximum absolute atomic E-state index is 12.5. The zero-order valence-electron chi connectivity index (χ0n) is 12.5. The van der Waals surface area contributed by atoms with Crippen molar-refractivity contribution < 1.29 is 9.53 Å². The van der Waals surface area contributed by atoms with Crippen molar-refractivity contribution >= 4 is 46.1 Å². The molecule has 2 aliphatic rings. The number of thioether (sulfide) groups is 1. The average molecular weight is 369 g/mol. The number of hydrogen-bond donors (Lipinski definition) is 0. The number of nitrogens with zero attached hydrogens (tertiary/aromatic N) is 2. The summed E-state index contributed by atoms with van der Waals surface area (Å²) in [6.07, 6.45) is 1.89. The molecular formula is C16H14Cl2N2O2S. The number of aliphatic imine (C=N–C) groups is 1. The fourth-order valence-electron chi connectivity index (χ4n) is 2.60. The molecule has 0 saturated carbocycles. The van der Waals surface area contributed by atoms with Gasteiger partial charge in [0, 0.05) is 16.2 Å². The van der Waals surface area contributed by atoms with E-state index in [9.17, 15) is 4.79 Å². The van der Waals surface area contributed by atoms with Gasteiger partial charge in [0.2, 0.25) is 0 Å². The first-order valence-corrected chi connectivity index (χ1v) is 8.69. The number of amidine groups is 1. The van der Waals surface area contributed by atoms with Gasteiger partial charge in [-0.1, -0.05) is 41.0 Å². The lowest BCUT2D eigenvalue weighted by molar-refractivity contribution is -0.139. The summed E-state index contributed by atoms with van der Waals surface area (Å²) in [7, 11) is 0. The highest BCUT2D eigenvalue weighted by Gasteiger charge is 2.38. The molecule has 0 fully saturated rings. The lowest BCUT2D eigenvalue weighted by Crippen LogP contribution is -2.34. The first kappa shape index (κ1) is 16.4. The van der Waals surface area contributed by atoms with Crippen molar-refractivity contribution in [3.05, 3.63) is 56.7 Å². The quantitative estimate of drug-likeness (QED) is 0.721. The SMILES string of the molecule is CCOC(=O)C1=C(C)N=C2SC=CN2[C@H]1c1ccc(Cl)cc1Cl. The summed E-state index contributed by atoms with van der Waals surface area (Å²) in [5, 5.41) is 3.79. The standard InChI is InChI=1S/C16H14Cl2N2O2S/c1-3-22-15(21)13-9(2)19-16-20(6-7-23-16)14(13)11-5-4-10(17)8-12(11)18/h4-8,14H,3H2,1-2H3/t14-/m0/s1. The Kier molecular flexibility index (Phi) is 4.71. The topological polar surface area (TPSA) is 41.9 Å². The fraction of sp³-hybridized carbons (Fsp3) is 0.250. The van der Waals surface area contributed by atoms with Gasteiger partial charge in [-0.2, -0.15) is 0 Å². The third kappa shape index (κ3) is 3.01. The molecular weight excluding hydrogens is 355 g/mol. The van der Waals surface area contributed by atoms with Crippen molar-refractivity contribution in [2.75, 3.05) is 6.61 Å². The Balaban J connectivity index is 2.14. The van der Waals surface area contributed by atoms with E-state index in [1.54, 1.807) is 19.1 Å². The number of allylic oxidation sites excluding steroid dienone is 1. The Labute approximate surface area is 148 Å². The Bertz CT molecular complexity index is 758. The normalized spacial score (nSPS) is 19.7. The van der Waals surface area contributed by atoms with Crippen LogP contribution < -0.4 is 0 Å². The minimum absolute atomic E-state index is 0.303. The summed E-state index contributed by atoms with van der Waals surface area (Å²) < 4.78 is 5.22. The second-order valence-corrected chi connectivity index (χ2v) is 6.71. The lowest BCUT2D eigenvalue weighted by Gasteiger charge is -2.33. The van der Waals surface area contributed by atoms with Crippen LogP contribution in [-0.4, -0.2) is 22.6 Å². The maximum Gasteiger partial charge on any atom is 0.338 e. The molecule has 7 heteroatoms. The monoisotopic (exact) mass is 368 g/mol. The van der Waals surface area contributed by atoms with E-state index in [1.807, 2.05) is 29.5 Å². The Hall–Kier alpha value is -1.43. The van der Waals surface area contributed by atoms with E-state index in [-0.39, 0.29) is 12.0 Å². The van der Waals surface area contributed by atoms with Crippen LogP contribution in [0, 0.1) is 0 Å². The summed E-state index contributed by atoms with van der Waals surface area (Å²) in [6, 6.07) is 4.90. The Morgan fingerprint density at radius 1 is 1.43 bits per heavy atom. The number of ether oxygens (including phenoxy) is 1. The molecule has 0 N–H and O–H groups in total. The second kappa shape index (κ2) is 6.59. The van der Waals surface area contributed by atoms with Crippen molar-refractivity contribution in [1.29, 1.82) is 0 Å². The van der Waals surface area contributed by atoms with E-state index >= 15 is 0 Å². The van der Waals surface area contributed by atoms with E-state index in [2.05, 4.69) is 4.99 Å². The summed E-state index contributed by atoms with van der Waals surface area (Å²) in [6.45, 7) is 3.89. The van der Waals surface area contributed by atoms with Crippen molar-refractivity contribution in [1.82, 2.24) is 4.90 Å². The van der Waals surface area contributed by atoms with Gasteiger partial charge in [0.1, 0.15) is 0 Å². The van der Waals surface area contributed by atoms with E-state index in [1.165, 1.54) is 11.8 Å². The predicted molar refractivity (Wildman–Crippen MR) is 94.5 cm³/mol. The van der Waals surface area contributed by atoms with Crippen LogP contribution in [0.5, 0.6) is 0 Å². The first-order valence-electron chi connectivity index (χ1n) is 7.06. The van der Waals surface area contributed by atoms with Crippen LogP contribution in [0.3, 0.4) is 0 Å². The van der Waals surface area contributed by atoms with Crippen molar-refractivity contribution in [2.24, 2.45) is 4.99 Å². The number of rotatable bonds is 3. The third-order valence-corrected chi connectivity index (χ3v) is 4.91. The maximum atomic E-state index is 12.5. The van der Waals surface area contributed by atoms with Crippen molar-refractivity contribution in [3.63, 3.8) is 0 Å². The molecule has 3 rings (SSSR count). The van der Waals surface area contributed by atoms with Gasteiger partial charge < -0.3 is 9.64 Å². The molecule has 0 radical (unpaired) electrons. The van der Waals surface area contributed by atoms with E-state index in [0.29, 0.717) is 27.9 Å². The van der Waals surface area contributed by atoms with E-state index < -0.39 is 0 Å². The first-order chi connectivity index (χ1) is 11.0. The molecule has 0 aromatic heterocycles. The minimum Gasteiger partial charge on any atom is -0.463 e. The highest BCUT2D eigenvalue weighted by Crippen LogP contribution is 2.43. The molecule has 1 aromatic rings. The summed E-state index contributed by atoms with van der Waals surface area (Å²) in [5.41, 5.74) is 1.92. The van der Waals surface area contributed by atoms with Gasteiger partial charge in [-0.3, -0.25) is 0 Å². The smallest absolute Gasteiger partial charge is 0.338 e. The lowest BCUT2D eigenvalue weighted by atomic mass is 9.95. The largest absolute Gasteiger partial charge is 0.463 e. The van der Waals surface area contributed by atoms with Gasteiger partial charge in [0.05, 0.1) is 23.9 Å². The molecule has 1 aromatic carbocycles. The van der Waals surface area contributed by atoms with E-state index in [0.717, 1.165) is 10.7 Å². The van der Waals surface area contributed by atoms with Crippen LogP contribution in [-0.2, 0) is 9.53 Å². The molecule has 23 heavy (non-hydrogen) atoms. The fourth-order valence-corrected chi connectivity index (χ4v) is 3.90. The van der Waals surface area contributed by atoms with Crippen molar-refractivity contribution in [3.8, 4) is 0 Å². The van der Waals surface area contributed by atoms with Crippen molar-refractivity contribution in [2.45, 2.75) is 19.9 Å². The molecule has 0 saturated heterocycles. The third-order valence-electron chi connectivity index (χ3n) is 3.57. The van der Waals surface area contributed by atoms with Gasteiger partial charge in [0.15, 0.2) is 5.17 Å². The van der Waals surface area contributed by atoms with Crippen LogP contribution in [0.15, 0.2) is 46.1 Å². The molecule has 120 valence electrons. The minimum atomic E-state index is -0.380. The molecule has 0 amide bonds. The molecule has 0 bridgehead atoms. The number of carbonyl (C=O) groups is 1. The van der Waals surface area contributed by atoms with Crippen LogP contribution >= 0.6 is 35.0 Å². The number of halogens is 2. The predicted octanol–water partition coefficient (Wildman–Crippen LogP) is 4.76.